The maximum absolute atomic E-state index is 12.9. The molecule has 0 fully saturated rings. The Labute approximate surface area is 85.8 Å². The van der Waals surface area contributed by atoms with Crippen molar-refractivity contribution >= 4 is 15.9 Å². The van der Waals surface area contributed by atoms with E-state index in [0.29, 0.717) is 0 Å². The summed E-state index contributed by atoms with van der Waals surface area (Å²) in [6.45, 7) is 0. The lowest BCUT2D eigenvalue weighted by atomic mass is 10.2. The molecule has 0 spiro atoms. The minimum atomic E-state index is -4.88. The van der Waals surface area contributed by atoms with Crippen molar-refractivity contribution in [2.45, 2.75) is 11.7 Å². The molecule has 1 aromatic carbocycles. The van der Waals surface area contributed by atoms with Crippen molar-refractivity contribution in [3.8, 4) is 5.75 Å². The Morgan fingerprint density at radius 3 is 2.43 bits per heavy atom. The van der Waals surface area contributed by atoms with Gasteiger partial charge in [0.05, 0.1) is 0 Å². The lowest BCUT2D eigenvalue weighted by molar-refractivity contribution is -0.275. The number of para-hydroxylation sites is 1. The van der Waals surface area contributed by atoms with Crippen molar-refractivity contribution in [2.24, 2.45) is 0 Å². The summed E-state index contributed by atoms with van der Waals surface area (Å²) in [5.74, 6) is -1.81. The molecular weight excluding hydrogens is 268 g/mol. The normalized spacial score (nSPS) is 11.5. The van der Waals surface area contributed by atoms with Gasteiger partial charge in [0.1, 0.15) is 0 Å². The highest BCUT2D eigenvalue weighted by molar-refractivity contribution is 9.08. The van der Waals surface area contributed by atoms with E-state index in [9.17, 15) is 17.6 Å². The van der Waals surface area contributed by atoms with E-state index in [0.717, 1.165) is 6.07 Å². The minimum absolute atomic E-state index is 0.0934. The van der Waals surface area contributed by atoms with Crippen molar-refractivity contribution in [1.29, 1.82) is 0 Å². The first-order valence-corrected chi connectivity index (χ1v) is 4.65. The molecule has 1 nitrogen and oxygen atoms in total. The van der Waals surface area contributed by atoms with Gasteiger partial charge >= 0.3 is 6.36 Å². The zero-order valence-electron chi connectivity index (χ0n) is 6.74. The van der Waals surface area contributed by atoms with E-state index in [1.54, 1.807) is 0 Å². The van der Waals surface area contributed by atoms with Crippen molar-refractivity contribution in [1.82, 2.24) is 0 Å². The van der Waals surface area contributed by atoms with E-state index in [-0.39, 0.29) is 10.9 Å². The van der Waals surface area contributed by atoms with Crippen LogP contribution in [0.2, 0.25) is 0 Å². The molecule has 78 valence electrons. The zero-order valence-corrected chi connectivity index (χ0v) is 8.32. The summed E-state index contributed by atoms with van der Waals surface area (Å²) in [6.07, 6.45) is -4.88. The number of rotatable bonds is 2. The van der Waals surface area contributed by atoms with Gasteiger partial charge in [-0.15, -0.1) is 13.2 Å². The smallest absolute Gasteiger partial charge is 0.402 e. The monoisotopic (exact) mass is 272 g/mol. The predicted molar refractivity (Wildman–Crippen MR) is 45.7 cm³/mol. The summed E-state index contributed by atoms with van der Waals surface area (Å²) in [4.78, 5) is 0. The Balaban J connectivity index is 3.05. The molecule has 0 bridgehead atoms. The number of benzene rings is 1. The van der Waals surface area contributed by atoms with Crippen molar-refractivity contribution in [2.75, 3.05) is 0 Å². The largest absolute Gasteiger partial charge is 0.573 e. The van der Waals surface area contributed by atoms with E-state index in [2.05, 4.69) is 20.7 Å². The number of hydrogen-bond donors (Lipinski definition) is 0. The maximum Gasteiger partial charge on any atom is 0.573 e. The third kappa shape index (κ3) is 2.87. The number of hydrogen-bond acceptors (Lipinski definition) is 1. The van der Waals surface area contributed by atoms with Gasteiger partial charge in [0.2, 0.25) is 0 Å². The van der Waals surface area contributed by atoms with Gasteiger partial charge in [-0.3, -0.25) is 0 Å². The molecule has 0 saturated carbocycles. The Kier molecular flexibility index (Phi) is 3.36. The lowest BCUT2D eigenvalue weighted by Crippen LogP contribution is -2.18. The molecule has 0 saturated heterocycles. The zero-order chi connectivity index (χ0) is 10.8. The quantitative estimate of drug-likeness (QED) is 0.590. The fourth-order valence-corrected chi connectivity index (χ4v) is 1.33. The van der Waals surface area contributed by atoms with Crippen LogP contribution in [0.3, 0.4) is 0 Å². The fraction of sp³-hybridized carbons (Fsp3) is 0.250. The lowest BCUT2D eigenvalue weighted by Gasteiger charge is -2.12. The number of ether oxygens (including phenoxy) is 1. The maximum atomic E-state index is 12.9. The van der Waals surface area contributed by atoms with Crippen LogP contribution in [-0.2, 0) is 5.33 Å². The van der Waals surface area contributed by atoms with Crippen LogP contribution in [0.5, 0.6) is 5.75 Å². The average molecular weight is 273 g/mol. The number of alkyl halides is 4. The van der Waals surface area contributed by atoms with Crippen LogP contribution in [0.15, 0.2) is 18.2 Å². The molecule has 0 N–H and O–H groups in total. The standard InChI is InChI=1S/C8H5BrF4O/c9-4-5-2-1-3-6(10)7(5)14-8(11,12)13/h1-3H,4H2. The Morgan fingerprint density at radius 1 is 1.29 bits per heavy atom. The second-order valence-electron chi connectivity index (χ2n) is 2.41. The molecule has 6 heteroatoms. The molecule has 1 rings (SSSR count). The molecule has 0 aliphatic carbocycles. The Bertz CT molecular complexity index is 324. The van der Waals surface area contributed by atoms with Gasteiger partial charge in [-0.1, -0.05) is 28.1 Å². The highest BCUT2D eigenvalue weighted by Gasteiger charge is 2.33. The van der Waals surface area contributed by atoms with E-state index in [1.165, 1.54) is 12.1 Å². The molecule has 0 aliphatic heterocycles. The summed E-state index contributed by atoms with van der Waals surface area (Å²) in [7, 11) is 0. The Hall–Kier alpha value is -0.780. The van der Waals surface area contributed by atoms with E-state index < -0.39 is 17.9 Å². The van der Waals surface area contributed by atoms with Crippen molar-refractivity contribution < 1.29 is 22.3 Å². The minimum Gasteiger partial charge on any atom is -0.402 e. The predicted octanol–water partition coefficient (Wildman–Crippen LogP) is 3.62. The van der Waals surface area contributed by atoms with Gasteiger partial charge in [0.15, 0.2) is 11.6 Å². The Morgan fingerprint density at radius 2 is 1.93 bits per heavy atom. The summed E-state index contributed by atoms with van der Waals surface area (Å²) in [5.41, 5.74) is 0.113. The summed E-state index contributed by atoms with van der Waals surface area (Å²) in [6, 6.07) is 3.57. The van der Waals surface area contributed by atoms with Crippen LogP contribution in [-0.4, -0.2) is 6.36 Å². The highest BCUT2D eigenvalue weighted by atomic mass is 79.9. The van der Waals surface area contributed by atoms with E-state index in [1.807, 2.05) is 0 Å². The highest BCUT2D eigenvalue weighted by Crippen LogP contribution is 2.30. The van der Waals surface area contributed by atoms with Gasteiger partial charge in [-0.25, -0.2) is 4.39 Å². The molecule has 0 atom stereocenters. The van der Waals surface area contributed by atoms with Crippen LogP contribution >= 0.6 is 15.9 Å². The van der Waals surface area contributed by atoms with Gasteiger partial charge in [0.25, 0.3) is 0 Å². The summed E-state index contributed by atoms with van der Waals surface area (Å²) >= 11 is 2.94. The van der Waals surface area contributed by atoms with E-state index in [4.69, 9.17) is 0 Å². The fourth-order valence-electron chi connectivity index (χ4n) is 0.889. The molecule has 0 aromatic heterocycles. The second kappa shape index (κ2) is 4.16. The molecule has 1 aromatic rings. The van der Waals surface area contributed by atoms with Crippen LogP contribution in [0.4, 0.5) is 17.6 Å². The SMILES string of the molecule is Fc1cccc(CBr)c1OC(F)(F)F. The van der Waals surface area contributed by atoms with Crippen LogP contribution in [0.1, 0.15) is 5.56 Å². The number of halogens is 5. The second-order valence-corrected chi connectivity index (χ2v) is 2.97. The summed E-state index contributed by atoms with van der Waals surface area (Å²) < 4.78 is 52.0. The van der Waals surface area contributed by atoms with Gasteiger partial charge in [-0.2, -0.15) is 0 Å². The molecule has 0 radical (unpaired) electrons. The van der Waals surface area contributed by atoms with Crippen molar-refractivity contribution in [3.63, 3.8) is 0 Å². The molecule has 0 aliphatic rings. The first-order valence-electron chi connectivity index (χ1n) is 3.53. The third-order valence-electron chi connectivity index (χ3n) is 1.41. The van der Waals surface area contributed by atoms with Crippen LogP contribution in [0, 0.1) is 5.82 Å². The molecular formula is C8H5BrF4O. The van der Waals surface area contributed by atoms with Crippen molar-refractivity contribution in [3.05, 3.63) is 29.6 Å². The third-order valence-corrected chi connectivity index (χ3v) is 2.01. The molecule has 0 unspecified atom stereocenters. The molecule has 14 heavy (non-hydrogen) atoms. The van der Waals surface area contributed by atoms with Gasteiger partial charge < -0.3 is 4.74 Å². The summed E-state index contributed by atoms with van der Waals surface area (Å²) in [5, 5.41) is 0.0934. The van der Waals surface area contributed by atoms with Crippen LogP contribution < -0.4 is 4.74 Å². The van der Waals surface area contributed by atoms with Gasteiger partial charge in [0, 0.05) is 10.9 Å². The van der Waals surface area contributed by atoms with Gasteiger partial charge in [-0.05, 0) is 6.07 Å². The topological polar surface area (TPSA) is 9.23 Å². The first kappa shape index (κ1) is 11.3. The first-order chi connectivity index (χ1) is 6.44. The van der Waals surface area contributed by atoms with Crippen LogP contribution in [0.25, 0.3) is 0 Å². The average Bonchev–Trinajstić information content (AvgIpc) is 2.06. The molecule has 0 heterocycles. The van der Waals surface area contributed by atoms with E-state index >= 15 is 0 Å². The molecule has 0 amide bonds.